The fourth-order valence-corrected chi connectivity index (χ4v) is 5.81. The molecule has 5 rings (SSSR count). The van der Waals surface area contributed by atoms with E-state index in [-0.39, 0.29) is 25.7 Å². The first-order valence-corrected chi connectivity index (χ1v) is 16.4. The molecule has 1 atom stereocenters. The van der Waals surface area contributed by atoms with Crippen LogP contribution in [-0.2, 0) is 19.8 Å². The Bertz CT molecular complexity index is 1760. The number of unbranched alkanes of at least 4 members (excludes halogenated alkanes) is 2. The maximum atomic E-state index is 12.6. The molecule has 264 valence electrons. The van der Waals surface area contributed by atoms with E-state index in [1.807, 2.05) is 60.7 Å². The number of aliphatic hydroxyl groups is 3. The first kappa shape index (κ1) is 36.1. The monoisotopic (exact) mass is 684 g/mol. The van der Waals surface area contributed by atoms with E-state index in [1.165, 1.54) is 7.11 Å². The Morgan fingerprint density at radius 3 is 1.96 bits per heavy atom. The molecular formula is C39H44N2O9. The Kier molecular flexibility index (Phi) is 12.6. The first-order valence-electron chi connectivity index (χ1n) is 16.4. The summed E-state index contributed by atoms with van der Waals surface area (Å²) in [5.74, 6) is 2.54. The molecule has 0 bridgehead atoms. The second-order valence-electron chi connectivity index (χ2n) is 11.6. The number of hydrogen-bond donors (Lipinski definition) is 5. The lowest BCUT2D eigenvalue weighted by Gasteiger charge is -2.28. The van der Waals surface area contributed by atoms with E-state index in [2.05, 4.69) is 10.6 Å². The van der Waals surface area contributed by atoms with Crippen LogP contribution in [0.2, 0.25) is 0 Å². The largest absolute Gasteiger partial charge is 0.496 e. The third-order valence-electron chi connectivity index (χ3n) is 8.45. The van der Waals surface area contributed by atoms with Crippen LogP contribution in [0.15, 0.2) is 66.7 Å². The summed E-state index contributed by atoms with van der Waals surface area (Å²) in [5.41, 5.74) is 5.60. The molecule has 5 N–H and O–H groups in total. The van der Waals surface area contributed by atoms with Crippen molar-refractivity contribution in [2.45, 2.75) is 45.2 Å². The Balaban J connectivity index is 1.12. The van der Waals surface area contributed by atoms with Crippen molar-refractivity contribution in [2.24, 2.45) is 0 Å². The van der Waals surface area contributed by atoms with Crippen LogP contribution in [0.4, 0.5) is 5.69 Å². The lowest BCUT2D eigenvalue weighted by Crippen LogP contribution is -2.38. The number of methoxy groups -OCH3 is 3. The summed E-state index contributed by atoms with van der Waals surface area (Å²) in [6.45, 7) is 0.281. The second-order valence-corrected chi connectivity index (χ2v) is 11.6. The van der Waals surface area contributed by atoms with Gasteiger partial charge in [-0.3, -0.25) is 4.79 Å². The molecule has 1 aliphatic heterocycles. The summed E-state index contributed by atoms with van der Waals surface area (Å²) < 4.78 is 28.8. The van der Waals surface area contributed by atoms with Crippen molar-refractivity contribution in [2.75, 3.05) is 39.9 Å². The van der Waals surface area contributed by atoms with E-state index in [1.54, 1.807) is 32.4 Å². The number of amides is 1. The normalized spacial score (nSPS) is 13.7. The van der Waals surface area contributed by atoms with Crippen molar-refractivity contribution in [3.8, 4) is 28.7 Å². The fraction of sp³-hybridized carbons (Fsp3) is 0.308. The Hall–Kier alpha value is -5.23. The Morgan fingerprint density at radius 2 is 1.30 bits per heavy atom. The molecule has 4 aromatic rings. The van der Waals surface area contributed by atoms with E-state index in [0.29, 0.717) is 64.2 Å². The number of nitrogens with one attached hydrogen (secondary N) is 2. The van der Waals surface area contributed by atoms with Gasteiger partial charge in [0.15, 0.2) is 11.5 Å². The zero-order valence-corrected chi connectivity index (χ0v) is 28.5. The second kappa shape index (κ2) is 17.4. The van der Waals surface area contributed by atoms with Crippen LogP contribution in [0, 0.1) is 0 Å². The van der Waals surface area contributed by atoms with Crippen molar-refractivity contribution in [3.63, 3.8) is 0 Å². The van der Waals surface area contributed by atoms with Gasteiger partial charge in [0.1, 0.15) is 17.7 Å². The fourth-order valence-electron chi connectivity index (χ4n) is 5.81. The SMILES string of the molecule is COc1cc(C=Cc2cc(OC)c(OCCCCCOc3ccc(C4NC(=O)c5ccccc5N4)cc3CO)c(OC)c2)cc(CO)c1CO. The summed E-state index contributed by atoms with van der Waals surface area (Å²) in [6, 6.07) is 20.2. The van der Waals surface area contributed by atoms with Gasteiger partial charge in [0.05, 0.1) is 59.9 Å². The van der Waals surface area contributed by atoms with E-state index >= 15 is 0 Å². The molecule has 0 fully saturated rings. The van der Waals surface area contributed by atoms with Crippen molar-refractivity contribution >= 4 is 23.7 Å². The Morgan fingerprint density at radius 1 is 0.660 bits per heavy atom. The van der Waals surface area contributed by atoms with Crippen LogP contribution in [0.3, 0.4) is 0 Å². The molecule has 0 radical (unpaired) electrons. The van der Waals surface area contributed by atoms with Crippen LogP contribution >= 0.6 is 0 Å². The highest BCUT2D eigenvalue weighted by Gasteiger charge is 2.25. The molecule has 1 aliphatic rings. The average Bonchev–Trinajstić information content (AvgIpc) is 3.16. The third kappa shape index (κ3) is 8.49. The molecule has 0 saturated carbocycles. The number of fused-ring (bicyclic) bond motifs is 1. The molecule has 1 unspecified atom stereocenters. The van der Waals surface area contributed by atoms with Crippen molar-refractivity contribution < 1.29 is 43.8 Å². The molecule has 50 heavy (non-hydrogen) atoms. The minimum Gasteiger partial charge on any atom is -0.496 e. The summed E-state index contributed by atoms with van der Waals surface area (Å²) in [6.07, 6.45) is 5.77. The molecule has 11 heteroatoms. The van der Waals surface area contributed by atoms with Gasteiger partial charge in [0.2, 0.25) is 5.75 Å². The quantitative estimate of drug-likeness (QED) is 0.0679. The number of hydrogen-bond acceptors (Lipinski definition) is 10. The number of anilines is 1. The van der Waals surface area contributed by atoms with E-state index in [4.69, 9.17) is 23.7 Å². The summed E-state index contributed by atoms with van der Waals surface area (Å²) in [7, 11) is 4.68. The van der Waals surface area contributed by atoms with Gasteiger partial charge in [0, 0.05) is 16.8 Å². The number of ether oxygens (including phenoxy) is 5. The highest BCUT2D eigenvalue weighted by atomic mass is 16.5. The topological polar surface area (TPSA) is 148 Å². The van der Waals surface area contributed by atoms with Gasteiger partial charge in [-0.15, -0.1) is 0 Å². The number of carbonyl (C=O) groups excluding carboxylic acids is 1. The minimum atomic E-state index is -0.414. The standard InChI is InChI=1S/C39H44N2O9/c1-46-34-18-25(17-28(22-42)31(34)24-44)11-12-26-19-35(47-2)37(36(20-26)48-3)50-16-8-4-7-15-49-33-14-13-27(21-29(33)23-43)38-40-32-10-6-5-9-30(32)39(45)41-38/h5-6,9-14,17-21,38,40,42-44H,4,7-8,15-16,22-24H2,1-3H3,(H,41,45). The lowest BCUT2D eigenvalue weighted by atomic mass is 10.0. The number of aliphatic hydroxyl groups excluding tert-OH is 3. The van der Waals surface area contributed by atoms with E-state index in [0.717, 1.165) is 41.6 Å². The van der Waals surface area contributed by atoms with Crippen LogP contribution in [-0.4, -0.2) is 55.8 Å². The van der Waals surface area contributed by atoms with Crippen molar-refractivity contribution in [1.29, 1.82) is 0 Å². The number of para-hydroxylation sites is 1. The Labute approximate surface area is 292 Å². The van der Waals surface area contributed by atoms with Gasteiger partial charge in [0.25, 0.3) is 5.91 Å². The number of benzene rings is 4. The summed E-state index contributed by atoms with van der Waals surface area (Å²) in [4.78, 5) is 12.6. The van der Waals surface area contributed by atoms with Gasteiger partial charge in [-0.25, -0.2) is 0 Å². The third-order valence-corrected chi connectivity index (χ3v) is 8.45. The molecule has 0 aliphatic carbocycles. The molecule has 11 nitrogen and oxygen atoms in total. The van der Waals surface area contributed by atoms with Crippen molar-refractivity contribution in [3.05, 3.63) is 106 Å². The van der Waals surface area contributed by atoms with Gasteiger partial charge in [-0.05, 0) is 90.0 Å². The number of carbonyl (C=O) groups is 1. The maximum absolute atomic E-state index is 12.6. The van der Waals surface area contributed by atoms with E-state index < -0.39 is 6.17 Å². The molecule has 0 aromatic heterocycles. The van der Waals surface area contributed by atoms with Gasteiger partial charge in [-0.1, -0.05) is 30.4 Å². The molecule has 0 saturated heterocycles. The number of rotatable bonds is 17. The smallest absolute Gasteiger partial charge is 0.255 e. The van der Waals surface area contributed by atoms with Gasteiger partial charge < -0.3 is 49.6 Å². The highest BCUT2D eigenvalue weighted by molar-refractivity contribution is 6.01. The lowest BCUT2D eigenvalue weighted by molar-refractivity contribution is 0.0935. The minimum absolute atomic E-state index is 0.150. The van der Waals surface area contributed by atoms with E-state index in [9.17, 15) is 20.1 Å². The van der Waals surface area contributed by atoms with Crippen LogP contribution < -0.4 is 34.3 Å². The van der Waals surface area contributed by atoms with Crippen LogP contribution in [0.25, 0.3) is 12.2 Å². The highest BCUT2D eigenvalue weighted by Crippen LogP contribution is 2.39. The maximum Gasteiger partial charge on any atom is 0.255 e. The van der Waals surface area contributed by atoms with Crippen LogP contribution in [0.1, 0.15) is 69.2 Å². The predicted molar refractivity (Wildman–Crippen MR) is 191 cm³/mol. The molecule has 1 amide bonds. The van der Waals surface area contributed by atoms with Gasteiger partial charge in [-0.2, -0.15) is 0 Å². The average molecular weight is 685 g/mol. The molecule has 0 spiro atoms. The zero-order chi connectivity index (χ0) is 35.5. The first-order chi connectivity index (χ1) is 24.4. The summed E-state index contributed by atoms with van der Waals surface area (Å²) >= 11 is 0. The van der Waals surface area contributed by atoms with Gasteiger partial charge >= 0.3 is 0 Å². The van der Waals surface area contributed by atoms with Crippen LogP contribution in [0.5, 0.6) is 28.7 Å². The molecule has 1 heterocycles. The summed E-state index contributed by atoms with van der Waals surface area (Å²) in [5, 5.41) is 35.7. The molecule has 4 aromatic carbocycles. The molecular weight excluding hydrogens is 640 g/mol. The zero-order valence-electron chi connectivity index (χ0n) is 28.5. The predicted octanol–water partition coefficient (Wildman–Crippen LogP) is 5.84. The van der Waals surface area contributed by atoms with Crippen molar-refractivity contribution in [1.82, 2.24) is 5.32 Å².